The molecule has 1 saturated carbocycles. The second-order valence-corrected chi connectivity index (χ2v) is 6.16. The maximum Gasteiger partial charge on any atom is 0.313 e. The molecule has 0 saturated heterocycles. The standard InChI is InChI=1S/C18H26N2O3/c1-3-13-7-6-9-15(11-13)19-17(21)18(22)20-16-10-5-4-8-14(16)12-23-2/h4-5,8,10,13,15H,3,6-7,9,11-12H2,1-2H3,(H,19,21)(H,20,22)/t13-,15-/m1/s1. The second kappa shape index (κ2) is 8.67. The number of benzene rings is 1. The first-order chi connectivity index (χ1) is 11.1. The van der Waals surface area contributed by atoms with Gasteiger partial charge in [-0.25, -0.2) is 0 Å². The Labute approximate surface area is 137 Å². The van der Waals surface area contributed by atoms with Crippen LogP contribution in [0.3, 0.4) is 0 Å². The van der Waals surface area contributed by atoms with E-state index in [2.05, 4.69) is 17.6 Å². The Morgan fingerprint density at radius 3 is 2.74 bits per heavy atom. The molecular weight excluding hydrogens is 292 g/mol. The zero-order chi connectivity index (χ0) is 16.7. The van der Waals surface area contributed by atoms with Gasteiger partial charge in [0, 0.05) is 24.4 Å². The van der Waals surface area contributed by atoms with Gasteiger partial charge in [0.2, 0.25) is 0 Å². The van der Waals surface area contributed by atoms with Gasteiger partial charge < -0.3 is 15.4 Å². The average molecular weight is 318 g/mol. The van der Waals surface area contributed by atoms with Crippen LogP contribution >= 0.6 is 0 Å². The van der Waals surface area contributed by atoms with Crippen LogP contribution in [-0.2, 0) is 20.9 Å². The van der Waals surface area contributed by atoms with E-state index >= 15 is 0 Å². The fourth-order valence-corrected chi connectivity index (χ4v) is 3.15. The number of carbonyl (C=O) groups is 2. The Morgan fingerprint density at radius 1 is 1.22 bits per heavy atom. The highest BCUT2D eigenvalue weighted by Gasteiger charge is 2.24. The lowest BCUT2D eigenvalue weighted by Crippen LogP contribution is -2.43. The normalized spacial score (nSPS) is 20.8. The Bertz CT molecular complexity index is 545. The summed E-state index contributed by atoms with van der Waals surface area (Å²) in [5, 5.41) is 5.55. The summed E-state index contributed by atoms with van der Waals surface area (Å²) in [5.74, 6) is -0.523. The van der Waals surface area contributed by atoms with Crippen LogP contribution in [0.1, 0.15) is 44.6 Å². The molecule has 0 radical (unpaired) electrons. The maximum absolute atomic E-state index is 12.1. The van der Waals surface area contributed by atoms with Gasteiger partial charge in [0.05, 0.1) is 6.61 Å². The van der Waals surface area contributed by atoms with Crippen LogP contribution in [0.2, 0.25) is 0 Å². The lowest BCUT2D eigenvalue weighted by Gasteiger charge is -2.28. The molecular formula is C18H26N2O3. The van der Waals surface area contributed by atoms with E-state index < -0.39 is 11.8 Å². The van der Waals surface area contributed by atoms with E-state index in [1.54, 1.807) is 13.2 Å². The molecule has 1 aromatic rings. The first-order valence-electron chi connectivity index (χ1n) is 8.32. The third-order valence-electron chi connectivity index (χ3n) is 4.47. The molecule has 2 amide bonds. The number of rotatable bonds is 5. The van der Waals surface area contributed by atoms with E-state index in [0.29, 0.717) is 18.2 Å². The van der Waals surface area contributed by atoms with Crippen LogP contribution in [0, 0.1) is 5.92 Å². The lowest BCUT2D eigenvalue weighted by molar-refractivity contribution is -0.136. The van der Waals surface area contributed by atoms with Crippen molar-refractivity contribution in [1.82, 2.24) is 5.32 Å². The van der Waals surface area contributed by atoms with Gasteiger partial charge in [-0.3, -0.25) is 9.59 Å². The molecule has 1 aromatic carbocycles. The quantitative estimate of drug-likeness (QED) is 0.820. The summed E-state index contributed by atoms with van der Waals surface area (Å²) in [6.45, 7) is 2.56. The second-order valence-electron chi connectivity index (χ2n) is 6.16. The number of para-hydroxylation sites is 1. The summed E-state index contributed by atoms with van der Waals surface area (Å²) in [6, 6.07) is 7.44. The van der Waals surface area contributed by atoms with Gasteiger partial charge in [-0.05, 0) is 24.8 Å². The molecule has 1 fully saturated rings. The predicted octanol–water partition coefficient (Wildman–Crippen LogP) is 2.86. The van der Waals surface area contributed by atoms with Crippen molar-refractivity contribution in [3.8, 4) is 0 Å². The van der Waals surface area contributed by atoms with Crippen molar-refractivity contribution in [2.45, 2.75) is 51.7 Å². The van der Waals surface area contributed by atoms with Crippen molar-refractivity contribution in [1.29, 1.82) is 0 Å². The summed E-state index contributed by atoms with van der Waals surface area (Å²) >= 11 is 0. The number of carbonyl (C=O) groups excluding carboxylic acids is 2. The minimum atomic E-state index is -0.618. The van der Waals surface area contributed by atoms with E-state index in [1.165, 1.54) is 6.42 Å². The molecule has 5 nitrogen and oxygen atoms in total. The van der Waals surface area contributed by atoms with Crippen molar-refractivity contribution >= 4 is 17.5 Å². The minimum Gasteiger partial charge on any atom is -0.380 e. The van der Waals surface area contributed by atoms with Crippen LogP contribution < -0.4 is 10.6 Å². The molecule has 2 N–H and O–H groups in total. The van der Waals surface area contributed by atoms with Gasteiger partial charge in [-0.1, -0.05) is 44.4 Å². The molecule has 1 aliphatic carbocycles. The third-order valence-corrected chi connectivity index (χ3v) is 4.47. The minimum absolute atomic E-state index is 0.112. The van der Waals surface area contributed by atoms with E-state index in [4.69, 9.17) is 4.74 Å². The Morgan fingerprint density at radius 2 is 2.00 bits per heavy atom. The SMILES string of the molecule is CC[C@@H]1CCC[C@@H](NC(=O)C(=O)Nc2ccccc2COC)C1. The fourth-order valence-electron chi connectivity index (χ4n) is 3.15. The smallest absolute Gasteiger partial charge is 0.313 e. The topological polar surface area (TPSA) is 67.4 Å². The molecule has 1 aliphatic rings. The van der Waals surface area contributed by atoms with Crippen molar-refractivity contribution < 1.29 is 14.3 Å². The predicted molar refractivity (Wildman–Crippen MR) is 90.0 cm³/mol. The Balaban J connectivity index is 1.91. The zero-order valence-corrected chi connectivity index (χ0v) is 13.9. The van der Waals surface area contributed by atoms with Crippen LogP contribution in [0.25, 0.3) is 0 Å². The number of hydrogen-bond acceptors (Lipinski definition) is 3. The van der Waals surface area contributed by atoms with E-state index in [0.717, 1.165) is 31.2 Å². The summed E-state index contributed by atoms with van der Waals surface area (Å²) in [5.41, 5.74) is 1.46. The number of anilines is 1. The third kappa shape index (κ3) is 5.06. The van der Waals surface area contributed by atoms with Crippen molar-refractivity contribution in [3.05, 3.63) is 29.8 Å². The number of hydrogen-bond donors (Lipinski definition) is 2. The molecule has 5 heteroatoms. The highest BCUT2D eigenvalue weighted by atomic mass is 16.5. The molecule has 0 aromatic heterocycles. The summed E-state index contributed by atoms with van der Waals surface area (Å²) in [4.78, 5) is 24.3. The highest BCUT2D eigenvalue weighted by Crippen LogP contribution is 2.26. The monoisotopic (exact) mass is 318 g/mol. The zero-order valence-electron chi connectivity index (χ0n) is 13.9. The molecule has 0 unspecified atom stereocenters. The number of ether oxygens (including phenoxy) is 1. The molecule has 0 heterocycles. The molecule has 126 valence electrons. The highest BCUT2D eigenvalue weighted by molar-refractivity contribution is 6.39. The van der Waals surface area contributed by atoms with E-state index in [9.17, 15) is 9.59 Å². The lowest BCUT2D eigenvalue weighted by atomic mass is 9.84. The van der Waals surface area contributed by atoms with Gasteiger partial charge in [-0.2, -0.15) is 0 Å². The van der Waals surface area contributed by atoms with Crippen molar-refractivity contribution in [2.75, 3.05) is 12.4 Å². The molecule has 2 atom stereocenters. The number of methoxy groups -OCH3 is 1. The summed E-state index contributed by atoms with van der Waals surface area (Å²) in [7, 11) is 1.60. The Kier molecular flexibility index (Phi) is 6.59. The Hall–Kier alpha value is -1.88. The molecule has 0 aliphatic heterocycles. The fraction of sp³-hybridized carbons (Fsp3) is 0.556. The van der Waals surface area contributed by atoms with Crippen LogP contribution in [-0.4, -0.2) is 25.0 Å². The first-order valence-corrected chi connectivity index (χ1v) is 8.32. The van der Waals surface area contributed by atoms with Gasteiger partial charge >= 0.3 is 11.8 Å². The van der Waals surface area contributed by atoms with Crippen LogP contribution in [0.5, 0.6) is 0 Å². The van der Waals surface area contributed by atoms with Crippen molar-refractivity contribution in [2.24, 2.45) is 5.92 Å². The maximum atomic E-state index is 12.1. The van der Waals surface area contributed by atoms with Crippen LogP contribution in [0.4, 0.5) is 5.69 Å². The number of amides is 2. The van der Waals surface area contributed by atoms with Crippen LogP contribution in [0.15, 0.2) is 24.3 Å². The van der Waals surface area contributed by atoms with E-state index in [-0.39, 0.29) is 6.04 Å². The van der Waals surface area contributed by atoms with Crippen molar-refractivity contribution in [3.63, 3.8) is 0 Å². The van der Waals surface area contributed by atoms with Gasteiger partial charge in [0.15, 0.2) is 0 Å². The molecule has 0 spiro atoms. The van der Waals surface area contributed by atoms with E-state index in [1.807, 2.05) is 18.2 Å². The molecule has 23 heavy (non-hydrogen) atoms. The van der Waals surface area contributed by atoms with Gasteiger partial charge in [0.25, 0.3) is 0 Å². The summed E-state index contributed by atoms with van der Waals surface area (Å²) < 4.78 is 5.10. The molecule has 2 rings (SSSR count). The summed E-state index contributed by atoms with van der Waals surface area (Å²) in [6.07, 6.45) is 5.38. The number of nitrogens with one attached hydrogen (secondary N) is 2. The largest absolute Gasteiger partial charge is 0.380 e. The molecule has 0 bridgehead atoms. The van der Waals surface area contributed by atoms with Gasteiger partial charge in [0.1, 0.15) is 0 Å². The average Bonchev–Trinajstić information content (AvgIpc) is 2.57. The first kappa shape index (κ1) is 17.5. The van der Waals surface area contributed by atoms with Gasteiger partial charge in [-0.15, -0.1) is 0 Å².